The maximum absolute atomic E-state index is 12.4. The molecule has 4 rings (SSSR count). The number of nitrogens with zero attached hydrogens (tertiary/aromatic N) is 2. The molecule has 172 valence electrons. The highest BCUT2D eigenvalue weighted by Gasteiger charge is 2.19. The topological polar surface area (TPSA) is 65.0 Å². The molecule has 2 N–H and O–H groups in total. The summed E-state index contributed by atoms with van der Waals surface area (Å²) in [6.07, 6.45) is 4.05. The van der Waals surface area contributed by atoms with Gasteiger partial charge >= 0.3 is 0 Å². The van der Waals surface area contributed by atoms with Crippen LogP contribution in [0.25, 0.3) is 0 Å². The molecule has 2 aliphatic rings. The number of aliphatic hydroxyl groups excluding tert-OH is 1. The highest BCUT2D eigenvalue weighted by molar-refractivity contribution is 5.94. The van der Waals surface area contributed by atoms with E-state index in [0.717, 1.165) is 38.2 Å². The van der Waals surface area contributed by atoms with Gasteiger partial charge in [-0.15, -0.1) is 0 Å². The number of carbonyl (C=O) groups excluding carboxylic acids is 1. The zero-order valence-electron chi connectivity index (χ0n) is 18.8. The average molecular weight is 438 g/mol. The van der Waals surface area contributed by atoms with Gasteiger partial charge in [0.2, 0.25) is 0 Å². The zero-order valence-corrected chi connectivity index (χ0v) is 18.8. The minimum atomic E-state index is -0.595. The van der Waals surface area contributed by atoms with Crippen LogP contribution < -0.4 is 10.1 Å². The normalized spacial score (nSPS) is 17.7. The summed E-state index contributed by atoms with van der Waals surface area (Å²) < 4.78 is 5.80. The molecule has 2 aliphatic heterocycles. The van der Waals surface area contributed by atoms with Gasteiger partial charge in [-0.3, -0.25) is 9.69 Å². The van der Waals surface area contributed by atoms with Crippen molar-refractivity contribution in [3.8, 4) is 5.75 Å². The Bertz CT molecular complexity index is 865. The van der Waals surface area contributed by atoms with Crippen LogP contribution in [0.4, 0.5) is 0 Å². The Balaban J connectivity index is 1.14. The summed E-state index contributed by atoms with van der Waals surface area (Å²) in [5.41, 5.74) is 3.30. The van der Waals surface area contributed by atoms with Crippen LogP contribution in [0.5, 0.6) is 5.75 Å². The van der Waals surface area contributed by atoms with Crippen molar-refractivity contribution >= 4 is 5.91 Å². The Morgan fingerprint density at radius 3 is 2.53 bits per heavy atom. The Morgan fingerprint density at radius 2 is 1.75 bits per heavy atom. The molecule has 2 aromatic carbocycles. The molecular formula is C26H35N3O3. The molecule has 0 radical (unpaired) electrons. The van der Waals surface area contributed by atoms with Crippen molar-refractivity contribution < 1.29 is 14.6 Å². The lowest BCUT2D eigenvalue weighted by Crippen LogP contribution is -2.42. The van der Waals surface area contributed by atoms with Gasteiger partial charge in [-0.05, 0) is 74.2 Å². The monoisotopic (exact) mass is 437 g/mol. The van der Waals surface area contributed by atoms with E-state index in [-0.39, 0.29) is 12.5 Å². The van der Waals surface area contributed by atoms with Crippen molar-refractivity contribution in [3.05, 3.63) is 65.2 Å². The van der Waals surface area contributed by atoms with E-state index in [2.05, 4.69) is 39.4 Å². The largest absolute Gasteiger partial charge is 0.494 e. The van der Waals surface area contributed by atoms with Crippen LogP contribution in [-0.4, -0.2) is 72.8 Å². The van der Waals surface area contributed by atoms with Gasteiger partial charge in [0.1, 0.15) is 5.75 Å². The number of hydrogen-bond acceptors (Lipinski definition) is 5. The lowest BCUT2D eigenvalue weighted by Gasteiger charge is -2.30. The first kappa shape index (κ1) is 22.8. The molecule has 1 atom stereocenters. The standard InChI is InChI=1S/C26H35N3O3/c30-24(20-29-16-12-21-6-1-2-7-23(21)19-29)18-27-26(31)22-8-10-25(11-9-22)32-17-5-15-28-13-3-4-14-28/h1-2,6-11,24,30H,3-5,12-20H2,(H,27,31)/t24-/m0/s1. The Kier molecular flexibility index (Phi) is 8.15. The summed E-state index contributed by atoms with van der Waals surface area (Å²) in [6.45, 7) is 6.78. The van der Waals surface area contributed by atoms with Gasteiger partial charge < -0.3 is 20.1 Å². The number of aliphatic hydroxyl groups is 1. The summed E-state index contributed by atoms with van der Waals surface area (Å²) >= 11 is 0. The average Bonchev–Trinajstić information content (AvgIpc) is 3.34. The third-order valence-corrected chi connectivity index (χ3v) is 6.38. The molecule has 0 bridgehead atoms. The van der Waals surface area contributed by atoms with Crippen molar-refractivity contribution in [1.29, 1.82) is 0 Å². The van der Waals surface area contributed by atoms with Gasteiger partial charge in [-0.2, -0.15) is 0 Å². The number of hydrogen-bond donors (Lipinski definition) is 2. The molecule has 1 saturated heterocycles. The van der Waals surface area contributed by atoms with Crippen molar-refractivity contribution in [2.45, 2.75) is 38.3 Å². The van der Waals surface area contributed by atoms with E-state index in [0.29, 0.717) is 18.7 Å². The third-order valence-electron chi connectivity index (χ3n) is 6.38. The molecule has 1 amide bonds. The molecule has 0 saturated carbocycles. The minimum absolute atomic E-state index is 0.173. The number of fused-ring (bicyclic) bond motifs is 1. The quantitative estimate of drug-likeness (QED) is 0.560. The van der Waals surface area contributed by atoms with E-state index in [4.69, 9.17) is 4.74 Å². The SMILES string of the molecule is O=C(NC[C@H](O)CN1CCc2ccccc2C1)c1ccc(OCCCN2CCCC2)cc1. The van der Waals surface area contributed by atoms with Gasteiger partial charge in [0.15, 0.2) is 0 Å². The minimum Gasteiger partial charge on any atom is -0.494 e. The first-order valence-corrected chi connectivity index (χ1v) is 11.9. The first-order valence-electron chi connectivity index (χ1n) is 11.9. The summed E-state index contributed by atoms with van der Waals surface area (Å²) in [7, 11) is 0. The van der Waals surface area contributed by atoms with Gasteiger partial charge in [-0.1, -0.05) is 24.3 Å². The van der Waals surface area contributed by atoms with Gasteiger partial charge in [0.05, 0.1) is 12.7 Å². The van der Waals surface area contributed by atoms with Crippen molar-refractivity contribution in [2.75, 3.05) is 45.9 Å². The number of β-amino-alcohol motifs (C(OH)–C–C–N with tert-alkyl or cyclic N) is 1. The predicted octanol–water partition coefficient (Wildman–Crippen LogP) is 2.70. The van der Waals surface area contributed by atoms with E-state index in [1.165, 1.54) is 37.1 Å². The van der Waals surface area contributed by atoms with Crippen LogP contribution in [0, 0.1) is 0 Å². The van der Waals surface area contributed by atoms with Crippen LogP contribution in [0.1, 0.15) is 40.7 Å². The van der Waals surface area contributed by atoms with Gasteiger partial charge in [0.25, 0.3) is 5.91 Å². The molecule has 0 spiro atoms. The van der Waals surface area contributed by atoms with Crippen molar-refractivity contribution in [3.63, 3.8) is 0 Å². The molecule has 0 unspecified atom stereocenters. The zero-order chi connectivity index (χ0) is 22.2. The number of nitrogens with one attached hydrogen (secondary N) is 1. The second-order valence-electron chi connectivity index (χ2n) is 8.89. The number of carbonyl (C=O) groups is 1. The molecule has 6 nitrogen and oxygen atoms in total. The van der Waals surface area contributed by atoms with Crippen LogP contribution >= 0.6 is 0 Å². The lowest BCUT2D eigenvalue weighted by atomic mass is 10.00. The molecule has 2 heterocycles. The molecule has 2 aromatic rings. The Labute approximate surface area is 191 Å². The molecular weight excluding hydrogens is 402 g/mol. The van der Waals surface area contributed by atoms with Crippen LogP contribution in [-0.2, 0) is 13.0 Å². The second-order valence-corrected chi connectivity index (χ2v) is 8.89. The van der Waals surface area contributed by atoms with Crippen LogP contribution in [0.15, 0.2) is 48.5 Å². The third kappa shape index (κ3) is 6.55. The van der Waals surface area contributed by atoms with Crippen molar-refractivity contribution in [1.82, 2.24) is 15.1 Å². The number of rotatable bonds is 10. The van der Waals surface area contributed by atoms with Crippen LogP contribution in [0.2, 0.25) is 0 Å². The van der Waals surface area contributed by atoms with Gasteiger partial charge in [0, 0.05) is 38.3 Å². The number of benzene rings is 2. The van der Waals surface area contributed by atoms with E-state index >= 15 is 0 Å². The molecule has 32 heavy (non-hydrogen) atoms. The van der Waals surface area contributed by atoms with Crippen molar-refractivity contribution in [2.24, 2.45) is 0 Å². The maximum atomic E-state index is 12.4. The Hall–Kier alpha value is -2.41. The smallest absolute Gasteiger partial charge is 0.251 e. The van der Waals surface area contributed by atoms with Gasteiger partial charge in [-0.25, -0.2) is 0 Å². The summed E-state index contributed by atoms with van der Waals surface area (Å²) in [5, 5.41) is 13.3. The highest BCUT2D eigenvalue weighted by atomic mass is 16.5. The highest BCUT2D eigenvalue weighted by Crippen LogP contribution is 2.18. The van der Waals surface area contributed by atoms with E-state index in [9.17, 15) is 9.90 Å². The number of amides is 1. The lowest BCUT2D eigenvalue weighted by molar-refractivity contribution is 0.0842. The van der Waals surface area contributed by atoms with E-state index in [1.54, 1.807) is 12.1 Å². The molecule has 0 aromatic heterocycles. The fourth-order valence-corrected chi connectivity index (χ4v) is 4.57. The Morgan fingerprint density at radius 1 is 1.00 bits per heavy atom. The summed E-state index contributed by atoms with van der Waals surface area (Å²) in [4.78, 5) is 17.2. The summed E-state index contributed by atoms with van der Waals surface area (Å²) in [5.74, 6) is 0.613. The number of ether oxygens (including phenoxy) is 1. The van der Waals surface area contributed by atoms with E-state index in [1.807, 2.05) is 12.1 Å². The molecule has 1 fully saturated rings. The molecule has 6 heteroatoms. The maximum Gasteiger partial charge on any atom is 0.251 e. The predicted molar refractivity (Wildman–Crippen MR) is 126 cm³/mol. The van der Waals surface area contributed by atoms with E-state index < -0.39 is 6.10 Å². The number of likely N-dealkylation sites (tertiary alicyclic amines) is 1. The summed E-state index contributed by atoms with van der Waals surface area (Å²) in [6, 6.07) is 15.7. The fourth-order valence-electron chi connectivity index (χ4n) is 4.57. The first-order chi connectivity index (χ1) is 15.7. The molecule has 0 aliphatic carbocycles. The second kappa shape index (κ2) is 11.5. The van der Waals surface area contributed by atoms with Crippen LogP contribution in [0.3, 0.4) is 0 Å². The fraction of sp³-hybridized carbons (Fsp3) is 0.500.